The number of benzene rings is 4. The highest BCUT2D eigenvalue weighted by atomic mass is 35.5. The van der Waals surface area contributed by atoms with Crippen molar-refractivity contribution in [3.63, 3.8) is 0 Å². The SMILES string of the molecule is Cc1cccc(CSc2nnc(C(Cc3ccccc3)NS(=O)(=O)c3c(C)cc(C)cc3C)n2-c2ccc(Cl)cc2Cl)c1. The zero-order valence-corrected chi connectivity index (χ0v) is 27.4. The van der Waals surface area contributed by atoms with E-state index in [0.717, 1.165) is 16.7 Å². The smallest absolute Gasteiger partial charge is 0.241 e. The third-order valence-electron chi connectivity index (χ3n) is 7.02. The summed E-state index contributed by atoms with van der Waals surface area (Å²) < 4.78 is 32.9. The second kappa shape index (κ2) is 13.2. The number of aryl methyl sites for hydroxylation is 4. The minimum absolute atomic E-state index is 0.265. The van der Waals surface area contributed by atoms with Crippen LogP contribution in [0.15, 0.2) is 95.0 Å². The molecule has 0 saturated heterocycles. The molecule has 4 aromatic carbocycles. The quantitative estimate of drug-likeness (QED) is 0.154. The molecule has 222 valence electrons. The molecule has 5 rings (SSSR count). The summed E-state index contributed by atoms with van der Waals surface area (Å²) in [5, 5.41) is 10.6. The Morgan fingerprint density at radius 2 is 1.51 bits per heavy atom. The van der Waals surface area contributed by atoms with Crippen LogP contribution >= 0.6 is 35.0 Å². The van der Waals surface area contributed by atoms with Gasteiger partial charge in [-0.1, -0.05) is 113 Å². The first-order valence-corrected chi connectivity index (χ1v) is 17.0. The van der Waals surface area contributed by atoms with Gasteiger partial charge in [0.05, 0.1) is 21.6 Å². The predicted molar refractivity (Wildman–Crippen MR) is 176 cm³/mol. The van der Waals surface area contributed by atoms with Gasteiger partial charge in [0, 0.05) is 10.8 Å². The summed E-state index contributed by atoms with van der Waals surface area (Å²) in [6.45, 7) is 7.64. The Labute approximate surface area is 267 Å². The third-order valence-corrected chi connectivity index (χ3v) is 10.3. The molecule has 43 heavy (non-hydrogen) atoms. The Bertz CT molecular complexity index is 1850. The number of hydrogen-bond acceptors (Lipinski definition) is 5. The molecule has 0 fully saturated rings. The molecule has 1 atom stereocenters. The van der Waals surface area contributed by atoms with Crippen LogP contribution in [0.3, 0.4) is 0 Å². The van der Waals surface area contributed by atoms with Gasteiger partial charge in [-0.3, -0.25) is 4.57 Å². The summed E-state index contributed by atoms with van der Waals surface area (Å²) in [6.07, 6.45) is 0.343. The summed E-state index contributed by atoms with van der Waals surface area (Å²) in [7, 11) is -3.96. The van der Waals surface area contributed by atoms with Gasteiger partial charge in [0.1, 0.15) is 0 Å². The van der Waals surface area contributed by atoms with E-state index in [-0.39, 0.29) is 4.90 Å². The molecular formula is C33H32Cl2N4O2S2. The number of rotatable bonds is 10. The van der Waals surface area contributed by atoms with Crippen LogP contribution in [0, 0.1) is 27.7 Å². The second-order valence-corrected chi connectivity index (χ2v) is 14.1. The number of nitrogens with one attached hydrogen (secondary N) is 1. The van der Waals surface area contributed by atoms with Crippen molar-refractivity contribution in [3.8, 4) is 5.69 Å². The Balaban J connectivity index is 1.63. The summed E-state index contributed by atoms with van der Waals surface area (Å²) in [4.78, 5) is 0.265. The Morgan fingerprint density at radius 1 is 0.814 bits per heavy atom. The fourth-order valence-electron chi connectivity index (χ4n) is 5.31. The van der Waals surface area contributed by atoms with Gasteiger partial charge >= 0.3 is 0 Å². The highest BCUT2D eigenvalue weighted by Crippen LogP contribution is 2.34. The highest BCUT2D eigenvalue weighted by molar-refractivity contribution is 7.98. The van der Waals surface area contributed by atoms with Crippen molar-refractivity contribution in [3.05, 3.63) is 134 Å². The van der Waals surface area contributed by atoms with Gasteiger partial charge in [-0.05, 0) is 74.6 Å². The lowest BCUT2D eigenvalue weighted by molar-refractivity contribution is 0.536. The van der Waals surface area contributed by atoms with Crippen molar-refractivity contribution in [1.82, 2.24) is 19.5 Å². The molecule has 0 spiro atoms. The van der Waals surface area contributed by atoms with E-state index in [1.54, 1.807) is 18.2 Å². The average Bonchev–Trinajstić information content (AvgIpc) is 3.35. The number of hydrogen-bond donors (Lipinski definition) is 1. The topological polar surface area (TPSA) is 76.9 Å². The van der Waals surface area contributed by atoms with Crippen molar-refractivity contribution < 1.29 is 8.42 Å². The zero-order valence-electron chi connectivity index (χ0n) is 24.3. The van der Waals surface area contributed by atoms with Gasteiger partial charge in [-0.2, -0.15) is 0 Å². The van der Waals surface area contributed by atoms with Gasteiger partial charge in [-0.25, -0.2) is 13.1 Å². The summed E-state index contributed by atoms with van der Waals surface area (Å²) in [5.41, 5.74) is 6.22. The molecule has 0 saturated carbocycles. The molecule has 1 heterocycles. The highest BCUT2D eigenvalue weighted by Gasteiger charge is 2.30. The molecule has 0 amide bonds. The lowest BCUT2D eigenvalue weighted by atomic mass is 10.1. The van der Waals surface area contributed by atoms with E-state index in [1.165, 1.54) is 17.3 Å². The molecule has 0 radical (unpaired) electrons. The monoisotopic (exact) mass is 650 g/mol. The first kappa shape index (κ1) is 31.3. The Hall–Kier alpha value is -3.14. The van der Waals surface area contributed by atoms with E-state index in [1.807, 2.05) is 73.9 Å². The lowest BCUT2D eigenvalue weighted by Gasteiger charge is -2.22. The van der Waals surface area contributed by atoms with E-state index in [9.17, 15) is 8.42 Å². The number of nitrogens with zero attached hydrogens (tertiary/aromatic N) is 3. The van der Waals surface area contributed by atoms with Gasteiger partial charge in [0.15, 0.2) is 11.0 Å². The average molecular weight is 652 g/mol. The molecular weight excluding hydrogens is 619 g/mol. The molecule has 1 N–H and O–H groups in total. The van der Waals surface area contributed by atoms with Crippen LogP contribution in [-0.4, -0.2) is 23.2 Å². The number of sulfonamides is 1. The largest absolute Gasteiger partial charge is 0.271 e. The normalized spacial score (nSPS) is 12.4. The maximum atomic E-state index is 14.1. The molecule has 6 nitrogen and oxygen atoms in total. The number of aromatic nitrogens is 3. The van der Waals surface area contributed by atoms with Crippen molar-refractivity contribution in [2.45, 2.75) is 56.0 Å². The van der Waals surface area contributed by atoms with Crippen LogP contribution < -0.4 is 4.72 Å². The van der Waals surface area contributed by atoms with E-state index in [4.69, 9.17) is 23.2 Å². The van der Waals surface area contributed by atoms with E-state index < -0.39 is 16.1 Å². The maximum absolute atomic E-state index is 14.1. The van der Waals surface area contributed by atoms with Crippen LogP contribution in [0.4, 0.5) is 0 Å². The fraction of sp³-hybridized carbons (Fsp3) is 0.212. The molecule has 1 aromatic heterocycles. The van der Waals surface area contributed by atoms with Gasteiger partial charge in [0.2, 0.25) is 10.0 Å². The van der Waals surface area contributed by atoms with Crippen LogP contribution in [-0.2, 0) is 22.2 Å². The van der Waals surface area contributed by atoms with Crippen molar-refractivity contribution in [2.24, 2.45) is 0 Å². The van der Waals surface area contributed by atoms with Gasteiger partial charge in [0.25, 0.3) is 0 Å². The minimum atomic E-state index is -3.96. The van der Waals surface area contributed by atoms with Crippen LogP contribution in [0.1, 0.15) is 45.2 Å². The van der Waals surface area contributed by atoms with E-state index in [2.05, 4.69) is 40.0 Å². The standard InChI is InChI=1S/C33H32Cl2N4O2S2/c1-21-9-8-12-26(17-21)20-42-33-37-36-32(39(33)30-14-13-27(34)19-28(30)35)29(18-25-10-6-5-7-11-25)38-43(40,41)31-23(3)15-22(2)16-24(31)4/h5-17,19,29,38H,18,20H2,1-4H3. The van der Waals surface area contributed by atoms with Crippen molar-refractivity contribution in [2.75, 3.05) is 0 Å². The predicted octanol–water partition coefficient (Wildman–Crippen LogP) is 8.36. The first-order valence-electron chi connectivity index (χ1n) is 13.7. The Morgan fingerprint density at radius 3 is 2.19 bits per heavy atom. The zero-order chi connectivity index (χ0) is 30.7. The summed E-state index contributed by atoms with van der Waals surface area (Å²) >= 11 is 14.5. The number of halogens is 2. The maximum Gasteiger partial charge on any atom is 0.241 e. The van der Waals surface area contributed by atoms with E-state index in [0.29, 0.717) is 50.0 Å². The molecule has 0 aliphatic heterocycles. The fourth-order valence-corrected chi connectivity index (χ4v) is 8.35. The van der Waals surface area contributed by atoms with Gasteiger partial charge < -0.3 is 0 Å². The Kier molecular flexibility index (Phi) is 9.63. The molecule has 1 unspecified atom stereocenters. The minimum Gasteiger partial charge on any atom is -0.271 e. The first-order chi connectivity index (χ1) is 20.5. The van der Waals surface area contributed by atoms with Crippen LogP contribution in [0.25, 0.3) is 5.69 Å². The molecule has 0 bridgehead atoms. The summed E-state index contributed by atoms with van der Waals surface area (Å²) in [6, 6.07) is 26.2. The molecule has 10 heteroatoms. The molecule has 5 aromatic rings. The summed E-state index contributed by atoms with van der Waals surface area (Å²) in [5.74, 6) is 1.06. The number of thioether (sulfide) groups is 1. The van der Waals surface area contributed by atoms with Crippen LogP contribution in [0.5, 0.6) is 0 Å². The second-order valence-electron chi connectivity index (χ2n) is 10.6. The van der Waals surface area contributed by atoms with Crippen molar-refractivity contribution >= 4 is 45.0 Å². The van der Waals surface area contributed by atoms with Crippen LogP contribution in [0.2, 0.25) is 10.0 Å². The molecule has 0 aliphatic carbocycles. The third kappa shape index (κ3) is 7.33. The van der Waals surface area contributed by atoms with Gasteiger partial charge in [-0.15, -0.1) is 10.2 Å². The molecule has 0 aliphatic rings. The van der Waals surface area contributed by atoms with E-state index >= 15 is 0 Å². The lowest BCUT2D eigenvalue weighted by Crippen LogP contribution is -2.33. The van der Waals surface area contributed by atoms with Crippen molar-refractivity contribution in [1.29, 1.82) is 0 Å².